The third kappa shape index (κ3) is 5.42. The largest absolute Gasteiger partial charge is 0.311 e. The summed E-state index contributed by atoms with van der Waals surface area (Å²) in [5.41, 5.74) is 14.2. The molecule has 0 aliphatic rings. The lowest BCUT2D eigenvalue weighted by atomic mass is 9.90. The zero-order valence-electron chi connectivity index (χ0n) is 32.8. The van der Waals surface area contributed by atoms with Crippen LogP contribution in [-0.2, 0) is 0 Å². The number of nitrogens with zero attached hydrogens (tertiary/aromatic N) is 2. The molecule has 0 unspecified atom stereocenters. The van der Waals surface area contributed by atoms with Crippen molar-refractivity contribution >= 4 is 71.2 Å². The molecular weight excluding hydrogens is 725 g/mol. The molecule has 0 radical (unpaired) electrons. The van der Waals surface area contributed by atoms with Gasteiger partial charge in [-0.15, -0.1) is 0 Å². The van der Waals surface area contributed by atoms with Gasteiger partial charge in [0.25, 0.3) is 0 Å². The quantitative estimate of drug-likeness (QED) is 0.116. The first-order chi connectivity index (χ1) is 29.8. The number of hydrogen-bond donors (Lipinski definition) is 0. The highest BCUT2D eigenvalue weighted by Crippen LogP contribution is 2.46. The minimum Gasteiger partial charge on any atom is -0.311 e. The molecule has 0 saturated heterocycles. The molecule has 11 aromatic carbocycles. The number of fused-ring (bicyclic) bond motifs is 2. The minimum atomic E-state index is 1.10. The molecular formula is C58H38N2. The molecule has 12 aromatic rings. The standard InChI is InChI=1S/C58H38N2/c1-3-13-39(14-4-1)41-27-33-46(34-28-41)59(47-35-29-42(30-36-47)40-15-5-2-6-16-40)48-37-31-45(32-38-48)55-49-19-7-9-21-51(49)58(52-22-10-8-20-50(52)55)60-53-23-11-17-43-25-26-44-18-12-24-54(60)57(44)56(43)53/h1-38H. The van der Waals surface area contributed by atoms with Gasteiger partial charge in [-0.2, -0.15) is 0 Å². The van der Waals surface area contributed by atoms with E-state index >= 15 is 0 Å². The molecule has 2 heteroatoms. The summed E-state index contributed by atoms with van der Waals surface area (Å²) in [4.78, 5) is 2.36. The SMILES string of the molecule is c1ccc(-c2ccc(N(c3ccc(-c4ccccc4)cc3)c3ccc(-c4c5ccccc5c(-n5c6cccc7ccc8cccc5c8c76)c5ccccc45)cc3)cc2)cc1. The van der Waals surface area contributed by atoms with Crippen LogP contribution >= 0.6 is 0 Å². The molecule has 0 atom stereocenters. The summed E-state index contributed by atoms with van der Waals surface area (Å²) >= 11 is 0. The Kier molecular flexibility index (Phi) is 7.89. The molecule has 0 spiro atoms. The fourth-order valence-electron chi connectivity index (χ4n) is 9.61. The van der Waals surface area contributed by atoms with Crippen molar-refractivity contribution < 1.29 is 0 Å². The first-order valence-electron chi connectivity index (χ1n) is 20.7. The van der Waals surface area contributed by atoms with E-state index in [2.05, 4.69) is 240 Å². The van der Waals surface area contributed by atoms with Crippen LogP contribution in [0.1, 0.15) is 0 Å². The van der Waals surface area contributed by atoms with Crippen LogP contribution in [0.2, 0.25) is 0 Å². The van der Waals surface area contributed by atoms with Crippen molar-refractivity contribution in [2.24, 2.45) is 0 Å². The van der Waals surface area contributed by atoms with Crippen LogP contribution in [0.4, 0.5) is 17.1 Å². The summed E-state index contributed by atoms with van der Waals surface area (Å²) in [6.45, 7) is 0. The third-order valence-corrected chi connectivity index (χ3v) is 12.3. The van der Waals surface area contributed by atoms with Crippen molar-refractivity contribution in [2.45, 2.75) is 0 Å². The smallest absolute Gasteiger partial charge is 0.0619 e. The van der Waals surface area contributed by atoms with E-state index in [1.165, 1.54) is 93.2 Å². The Bertz CT molecular complexity index is 3280. The van der Waals surface area contributed by atoms with E-state index in [0.717, 1.165) is 17.1 Å². The van der Waals surface area contributed by atoms with Gasteiger partial charge in [-0.3, -0.25) is 0 Å². The Hall–Kier alpha value is -7.94. The zero-order chi connectivity index (χ0) is 39.6. The fourth-order valence-corrected chi connectivity index (χ4v) is 9.61. The Morgan fingerprint density at radius 1 is 0.267 bits per heavy atom. The fraction of sp³-hybridized carbons (Fsp3) is 0. The van der Waals surface area contributed by atoms with Crippen LogP contribution in [0.3, 0.4) is 0 Å². The van der Waals surface area contributed by atoms with Gasteiger partial charge in [0.05, 0.1) is 16.7 Å². The molecule has 280 valence electrons. The van der Waals surface area contributed by atoms with Gasteiger partial charge in [-0.1, -0.05) is 182 Å². The van der Waals surface area contributed by atoms with Crippen molar-refractivity contribution in [1.29, 1.82) is 0 Å². The van der Waals surface area contributed by atoms with Crippen molar-refractivity contribution in [2.75, 3.05) is 4.90 Å². The molecule has 2 nitrogen and oxygen atoms in total. The van der Waals surface area contributed by atoms with Gasteiger partial charge in [0.1, 0.15) is 0 Å². The summed E-state index contributed by atoms with van der Waals surface area (Å²) in [6, 6.07) is 84.1. The summed E-state index contributed by atoms with van der Waals surface area (Å²) in [5.74, 6) is 0. The van der Waals surface area contributed by atoms with Gasteiger partial charge in [-0.05, 0) is 103 Å². The monoisotopic (exact) mass is 762 g/mol. The highest BCUT2D eigenvalue weighted by atomic mass is 15.1. The summed E-state index contributed by atoms with van der Waals surface area (Å²) in [6.07, 6.45) is 0. The van der Waals surface area contributed by atoms with Gasteiger partial charge >= 0.3 is 0 Å². The lowest BCUT2D eigenvalue weighted by molar-refractivity contribution is 1.22. The van der Waals surface area contributed by atoms with Gasteiger partial charge in [0.15, 0.2) is 0 Å². The van der Waals surface area contributed by atoms with Crippen LogP contribution in [0.5, 0.6) is 0 Å². The molecule has 0 saturated carbocycles. The highest BCUT2D eigenvalue weighted by Gasteiger charge is 2.22. The van der Waals surface area contributed by atoms with E-state index in [-0.39, 0.29) is 0 Å². The number of benzene rings is 11. The van der Waals surface area contributed by atoms with E-state index in [0.29, 0.717) is 0 Å². The maximum Gasteiger partial charge on any atom is 0.0619 e. The summed E-state index contributed by atoms with van der Waals surface area (Å²) < 4.78 is 2.52. The van der Waals surface area contributed by atoms with Crippen molar-refractivity contribution in [3.05, 3.63) is 231 Å². The van der Waals surface area contributed by atoms with E-state index < -0.39 is 0 Å². The van der Waals surface area contributed by atoms with Crippen molar-refractivity contribution in [1.82, 2.24) is 4.57 Å². The molecule has 0 aliphatic carbocycles. The van der Waals surface area contributed by atoms with E-state index in [9.17, 15) is 0 Å². The first kappa shape index (κ1) is 34.1. The van der Waals surface area contributed by atoms with Crippen molar-refractivity contribution in [3.8, 4) is 39.1 Å². The maximum atomic E-state index is 2.52. The number of rotatable bonds is 7. The number of anilines is 3. The molecule has 1 aromatic heterocycles. The second-order valence-electron chi connectivity index (χ2n) is 15.7. The predicted octanol–water partition coefficient (Wildman–Crippen LogP) is 16.2. The molecule has 0 N–H and O–H groups in total. The van der Waals surface area contributed by atoms with Crippen LogP contribution in [-0.4, -0.2) is 4.57 Å². The molecule has 0 fully saturated rings. The normalized spacial score (nSPS) is 11.7. The molecule has 12 rings (SSSR count). The Morgan fingerprint density at radius 2 is 0.633 bits per heavy atom. The van der Waals surface area contributed by atoms with Crippen LogP contribution in [0, 0.1) is 0 Å². The van der Waals surface area contributed by atoms with Gasteiger partial charge < -0.3 is 9.47 Å². The summed E-state index contributed by atoms with van der Waals surface area (Å²) in [5, 5.41) is 10.1. The van der Waals surface area contributed by atoms with E-state index in [1.54, 1.807) is 0 Å². The van der Waals surface area contributed by atoms with E-state index in [4.69, 9.17) is 0 Å². The average Bonchev–Trinajstić information content (AvgIpc) is 3.66. The van der Waals surface area contributed by atoms with Crippen LogP contribution in [0.25, 0.3) is 93.2 Å². The Labute approximate surface area is 348 Å². The lowest BCUT2D eigenvalue weighted by Crippen LogP contribution is -2.09. The Morgan fingerprint density at radius 3 is 1.07 bits per heavy atom. The second-order valence-corrected chi connectivity index (χ2v) is 15.7. The highest BCUT2D eigenvalue weighted by molar-refractivity contribution is 6.26. The lowest BCUT2D eigenvalue weighted by Gasteiger charge is -2.26. The molecule has 0 aliphatic heterocycles. The zero-order valence-corrected chi connectivity index (χ0v) is 32.8. The number of hydrogen-bond acceptors (Lipinski definition) is 1. The maximum absolute atomic E-state index is 2.52. The van der Waals surface area contributed by atoms with Crippen LogP contribution in [0.15, 0.2) is 231 Å². The molecule has 1 heterocycles. The minimum absolute atomic E-state index is 1.10. The van der Waals surface area contributed by atoms with Gasteiger partial charge in [0, 0.05) is 38.6 Å². The molecule has 0 bridgehead atoms. The summed E-state index contributed by atoms with van der Waals surface area (Å²) in [7, 11) is 0. The first-order valence-corrected chi connectivity index (χ1v) is 20.7. The average molecular weight is 763 g/mol. The second kappa shape index (κ2) is 13.9. The topological polar surface area (TPSA) is 8.17 Å². The molecule has 60 heavy (non-hydrogen) atoms. The third-order valence-electron chi connectivity index (χ3n) is 12.3. The van der Waals surface area contributed by atoms with Crippen molar-refractivity contribution in [3.63, 3.8) is 0 Å². The van der Waals surface area contributed by atoms with E-state index in [1.807, 2.05) is 0 Å². The van der Waals surface area contributed by atoms with Gasteiger partial charge in [-0.25, -0.2) is 0 Å². The Balaban J connectivity index is 1.02. The predicted molar refractivity (Wildman–Crippen MR) is 255 cm³/mol. The molecule has 0 amide bonds. The number of aromatic nitrogens is 1. The van der Waals surface area contributed by atoms with Gasteiger partial charge in [0.2, 0.25) is 0 Å². The van der Waals surface area contributed by atoms with Crippen LogP contribution < -0.4 is 4.90 Å².